The van der Waals surface area contributed by atoms with Crippen LogP contribution >= 0.6 is 0 Å². The summed E-state index contributed by atoms with van der Waals surface area (Å²) in [5.74, 6) is -1.04. The van der Waals surface area contributed by atoms with E-state index in [2.05, 4.69) is 35.0 Å². The summed E-state index contributed by atoms with van der Waals surface area (Å²) < 4.78 is 5.56. The molecule has 3 N–H and O–H groups in total. The number of ether oxygens (including phenoxy) is 1. The van der Waals surface area contributed by atoms with E-state index in [1.54, 1.807) is 24.3 Å². The van der Waals surface area contributed by atoms with Crippen molar-refractivity contribution in [2.45, 2.75) is 33.2 Å². The summed E-state index contributed by atoms with van der Waals surface area (Å²) in [4.78, 5) is 36.2. The van der Waals surface area contributed by atoms with Gasteiger partial charge in [0.2, 0.25) is 0 Å². The second-order valence-corrected chi connectivity index (χ2v) is 8.50. The minimum atomic E-state index is -0.870. The number of aryl methyl sites for hydroxylation is 1. The number of hydrogen-bond donors (Lipinski definition) is 3. The molecule has 36 heavy (non-hydrogen) atoms. The van der Waals surface area contributed by atoms with Gasteiger partial charge < -0.3 is 15.4 Å². The van der Waals surface area contributed by atoms with E-state index in [4.69, 9.17) is 4.74 Å². The van der Waals surface area contributed by atoms with E-state index in [1.807, 2.05) is 55.5 Å². The van der Waals surface area contributed by atoms with E-state index in [-0.39, 0.29) is 19.1 Å². The molecule has 0 unspecified atom stereocenters. The molecule has 0 aliphatic carbocycles. The zero-order valence-corrected chi connectivity index (χ0v) is 20.6. The van der Waals surface area contributed by atoms with Crippen LogP contribution in [-0.4, -0.2) is 30.5 Å². The van der Waals surface area contributed by atoms with Crippen LogP contribution < -0.4 is 20.8 Å². The molecule has 186 valence electrons. The lowest BCUT2D eigenvalue weighted by Gasteiger charge is -2.09. The Hall–Kier alpha value is -4.46. The molecule has 8 heteroatoms. The molecule has 0 saturated heterocycles. The Balaban J connectivity index is 1.44. The molecule has 0 aliphatic rings. The standard InChI is InChI=1S/C28H30N4O4/c1-19(2)23-13-11-21(12-14-23)16-29-27(34)28(35)32-30-17-22-8-6-9-24(15-22)36-18-26(33)31-25-10-5-4-7-20(25)3/h4-15,17,19H,16,18H2,1-3H3,(H,29,34)(H,31,33)(H,32,35)/b30-17-. The number of carbonyl (C=O) groups excluding carboxylic acids is 3. The zero-order valence-electron chi connectivity index (χ0n) is 20.6. The van der Waals surface area contributed by atoms with Crippen LogP contribution in [0.2, 0.25) is 0 Å². The molecule has 0 spiro atoms. The normalized spacial score (nSPS) is 10.8. The second-order valence-electron chi connectivity index (χ2n) is 8.50. The number of anilines is 1. The summed E-state index contributed by atoms with van der Waals surface area (Å²) in [5.41, 5.74) is 6.62. The van der Waals surface area contributed by atoms with Crippen molar-refractivity contribution in [1.82, 2.24) is 10.7 Å². The van der Waals surface area contributed by atoms with Crippen LogP contribution in [-0.2, 0) is 20.9 Å². The van der Waals surface area contributed by atoms with Gasteiger partial charge in [0.05, 0.1) is 6.21 Å². The van der Waals surface area contributed by atoms with E-state index in [1.165, 1.54) is 11.8 Å². The second kappa shape index (κ2) is 12.9. The molecule has 0 radical (unpaired) electrons. The summed E-state index contributed by atoms with van der Waals surface area (Å²) >= 11 is 0. The molecular formula is C28H30N4O4. The number of rotatable bonds is 9. The largest absolute Gasteiger partial charge is 0.484 e. The number of benzene rings is 3. The van der Waals surface area contributed by atoms with Crippen LogP contribution in [0.1, 0.15) is 42.0 Å². The maximum absolute atomic E-state index is 12.2. The molecule has 0 fully saturated rings. The fourth-order valence-electron chi connectivity index (χ4n) is 3.23. The van der Waals surface area contributed by atoms with Gasteiger partial charge in [-0.25, -0.2) is 5.43 Å². The van der Waals surface area contributed by atoms with Gasteiger partial charge in [-0.3, -0.25) is 14.4 Å². The molecule has 0 aliphatic heterocycles. The number of hydrogen-bond acceptors (Lipinski definition) is 5. The van der Waals surface area contributed by atoms with Crippen LogP contribution in [0, 0.1) is 6.92 Å². The topological polar surface area (TPSA) is 109 Å². The molecule has 3 aromatic rings. The molecular weight excluding hydrogens is 456 g/mol. The predicted molar refractivity (Wildman–Crippen MR) is 140 cm³/mol. The highest BCUT2D eigenvalue weighted by Gasteiger charge is 2.12. The van der Waals surface area contributed by atoms with Crippen LogP contribution in [0.15, 0.2) is 77.9 Å². The fraction of sp³-hybridized carbons (Fsp3) is 0.214. The molecule has 0 heterocycles. The van der Waals surface area contributed by atoms with Gasteiger partial charge in [0, 0.05) is 12.2 Å². The molecule has 0 atom stereocenters. The average Bonchev–Trinajstić information content (AvgIpc) is 2.88. The van der Waals surface area contributed by atoms with Crippen molar-refractivity contribution in [2.75, 3.05) is 11.9 Å². The summed E-state index contributed by atoms with van der Waals surface area (Å²) in [7, 11) is 0. The fourth-order valence-corrected chi connectivity index (χ4v) is 3.23. The molecule has 0 saturated carbocycles. The average molecular weight is 487 g/mol. The van der Waals surface area contributed by atoms with E-state index in [0.717, 1.165) is 16.8 Å². The molecule has 3 aromatic carbocycles. The van der Waals surface area contributed by atoms with Crippen molar-refractivity contribution in [3.05, 3.63) is 95.1 Å². The lowest BCUT2D eigenvalue weighted by molar-refractivity contribution is -0.139. The molecule has 3 rings (SSSR count). The van der Waals surface area contributed by atoms with Crippen molar-refractivity contribution in [1.29, 1.82) is 0 Å². The van der Waals surface area contributed by atoms with Gasteiger partial charge in [-0.1, -0.05) is 68.4 Å². The number of carbonyl (C=O) groups is 3. The molecule has 3 amide bonds. The van der Waals surface area contributed by atoms with Gasteiger partial charge in [0.1, 0.15) is 5.75 Å². The predicted octanol–water partition coefficient (Wildman–Crippen LogP) is 3.90. The van der Waals surface area contributed by atoms with Crippen LogP contribution in [0.3, 0.4) is 0 Å². The van der Waals surface area contributed by atoms with Crippen molar-refractivity contribution in [3.8, 4) is 5.75 Å². The number of para-hydroxylation sites is 1. The first-order valence-electron chi connectivity index (χ1n) is 11.6. The van der Waals surface area contributed by atoms with Crippen molar-refractivity contribution in [2.24, 2.45) is 5.10 Å². The Kier molecular flexibility index (Phi) is 9.33. The van der Waals surface area contributed by atoms with E-state index < -0.39 is 11.8 Å². The Morgan fingerprint density at radius 1 is 0.944 bits per heavy atom. The maximum atomic E-state index is 12.2. The highest BCUT2D eigenvalue weighted by atomic mass is 16.5. The highest BCUT2D eigenvalue weighted by Crippen LogP contribution is 2.15. The smallest absolute Gasteiger partial charge is 0.329 e. The monoisotopic (exact) mass is 486 g/mol. The van der Waals surface area contributed by atoms with Crippen molar-refractivity contribution in [3.63, 3.8) is 0 Å². The Morgan fingerprint density at radius 2 is 1.69 bits per heavy atom. The third kappa shape index (κ3) is 8.09. The number of amides is 3. The van der Waals surface area contributed by atoms with Gasteiger partial charge in [0.15, 0.2) is 6.61 Å². The van der Waals surface area contributed by atoms with Gasteiger partial charge in [0.25, 0.3) is 5.91 Å². The van der Waals surface area contributed by atoms with Gasteiger partial charge in [-0.15, -0.1) is 0 Å². The summed E-state index contributed by atoms with van der Waals surface area (Å²) in [6.45, 7) is 6.21. The summed E-state index contributed by atoms with van der Waals surface area (Å²) in [6.07, 6.45) is 1.38. The van der Waals surface area contributed by atoms with E-state index >= 15 is 0 Å². The van der Waals surface area contributed by atoms with Gasteiger partial charge in [-0.2, -0.15) is 5.10 Å². The quantitative estimate of drug-likeness (QED) is 0.242. The molecule has 0 aromatic heterocycles. The van der Waals surface area contributed by atoms with Crippen molar-refractivity contribution >= 4 is 29.6 Å². The minimum Gasteiger partial charge on any atom is -0.484 e. The summed E-state index contributed by atoms with van der Waals surface area (Å²) in [6, 6.07) is 22.2. The Labute approximate surface area is 210 Å². The Morgan fingerprint density at radius 3 is 2.42 bits per heavy atom. The molecule has 8 nitrogen and oxygen atoms in total. The SMILES string of the molecule is Cc1ccccc1NC(=O)COc1cccc(/C=N\NC(=O)C(=O)NCc2ccc(C(C)C)cc2)c1. The maximum Gasteiger partial charge on any atom is 0.329 e. The lowest BCUT2D eigenvalue weighted by Crippen LogP contribution is -2.37. The number of nitrogens with zero attached hydrogens (tertiary/aromatic N) is 1. The summed E-state index contributed by atoms with van der Waals surface area (Å²) in [5, 5.41) is 9.21. The van der Waals surface area contributed by atoms with E-state index in [0.29, 0.717) is 17.2 Å². The first-order valence-corrected chi connectivity index (χ1v) is 11.6. The third-order valence-electron chi connectivity index (χ3n) is 5.33. The lowest BCUT2D eigenvalue weighted by atomic mass is 10.0. The highest BCUT2D eigenvalue weighted by molar-refractivity contribution is 6.35. The first-order chi connectivity index (χ1) is 17.3. The zero-order chi connectivity index (χ0) is 25.9. The van der Waals surface area contributed by atoms with Crippen LogP contribution in [0.25, 0.3) is 0 Å². The van der Waals surface area contributed by atoms with Crippen LogP contribution in [0.5, 0.6) is 5.75 Å². The number of hydrazone groups is 1. The minimum absolute atomic E-state index is 0.161. The van der Waals surface area contributed by atoms with Crippen LogP contribution in [0.4, 0.5) is 5.69 Å². The van der Waals surface area contributed by atoms with Gasteiger partial charge >= 0.3 is 11.8 Å². The first kappa shape index (κ1) is 26.2. The van der Waals surface area contributed by atoms with Gasteiger partial charge in [-0.05, 0) is 53.3 Å². The van der Waals surface area contributed by atoms with E-state index in [9.17, 15) is 14.4 Å². The Bertz CT molecular complexity index is 1240. The third-order valence-corrected chi connectivity index (χ3v) is 5.33. The number of nitrogens with one attached hydrogen (secondary N) is 3. The molecule has 0 bridgehead atoms. The van der Waals surface area contributed by atoms with Crippen molar-refractivity contribution < 1.29 is 19.1 Å².